The Morgan fingerprint density at radius 3 is 2.02 bits per heavy atom. The standard InChI is InChI=1S/C36H60N6O7S/c1-35(2)25-22-42-29(28(25)35)31(44)38-26(30(43)32(45)37-24-18-19-24)16-12-9-7-5-6-8-10-13-17-27(33(42)46)39-34(47)40-36(20-14-11-15-21-36)23-50(48,49)41(3)4/h24-29H,5-23H2,1-4H3,(H,37,45)(H,38,44)(H2,39,40,47). The van der Waals surface area contributed by atoms with Crippen LogP contribution < -0.4 is 21.3 Å². The number of rotatable bonds is 8. The van der Waals surface area contributed by atoms with E-state index in [1.54, 1.807) is 4.90 Å². The maximum absolute atomic E-state index is 14.4. The molecule has 0 aromatic heterocycles. The monoisotopic (exact) mass is 720 g/mol. The van der Waals surface area contributed by atoms with Crippen LogP contribution in [-0.4, -0.2) is 103 Å². The smallest absolute Gasteiger partial charge is 0.315 e. The van der Waals surface area contributed by atoms with E-state index in [1.807, 2.05) is 0 Å². The van der Waals surface area contributed by atoms with Crippen molar-refractivity contribution in [3.8, 4) is 0 Å². The second-order valence-corrected chi connectivity index (χ2v) is 18.7. The zero-order chi connectivity index (χ0) is 36.3. The molecule has 2 aliphatic heterocycles. The summed E-state index contributed by atoms with van der Waals surface area (Å²) in [5.74, 6) is -2.33. The van der Waals surface area contributed by atoms with Gasteiger partial charge >= 0.3 is 6.03 Å². The van der Waals surface area contributed by atoms with Crippen LogP contribution in [0.25, 0.3) is 0 Å². The number of urea groups is 1. The number of sulfonamides is 1. The first-order chi connectivity index (χ1) is 23.6. The lowest BCUT2D eigenvalue weighted by Gasteiger charge is -2.39. The number of nitrogens with one attached hydrogen (secondary N) is 4. The number of nitrogens with zero attached hydrogens (tertiary/aromatic N) is 2. The van der Waals surface area contributed by atoms with Gasteiger partial charge in [-0.1, -0.05) is 84.5 Å². The fourth-order valence-electron chi connectivity index (χ4n) is 8.64. The number of carbonyl (C=O) groups is 5. The molecule has 0 radical (unpaired) electrons. The lowest BCUT2D eigenvalue weighted by atomic mass is 9.83. The fraction of sp³-hybridized carbons (Fsp3) is 0.861. The van der Waals surface area contributed by atoms with E-state index >= 15 is 0 Å². The van der Waals surface area contributed by atoms with Gasteiger partial charge in [0.25, 0.3) is 5.91 Å². The highest BCUT2D eigenvalue weighted by molar-refractivity contribution is 7.89. The highest BCUT2D eigenvalue weighted by atomic mass is 32.2. The summed E-state index contributed by atoms with van der Waals surface area (Å²) < 4.78 is 27.1. The SMILES string of the molecule is CN(C)S(=O)(=O)CC1(NC(=O)NC2CCCCCCCCCCC(C(=O)C(=O)NC3CC3)NC(=O)C3C4C(CN3C2=O)C4(C)C)CCCCC1. The number of amides is 5. The minimum absolute atomic E-state index is 0.0141. The van der Waals surface area contributed by atoms with Crippen LogP contribution in [0.4, 0.5) is 4.79 Å². The second-order valence-electron chi connectivity index (χ2n) is 16.5. The van der Waals surface area contributed by atoms with E-state index in [-0.39, 0.29) is 35.0 Å². The highest BCUT2D eigenvalue weighted by Gasteiger charge is 2.69. The van der Waals surface area contributed by atoms with Crippen LogP contribution in [0, 0.1) is 17.3 Å². The summed E-state index contributed by atoms with van der Waals surface area (Å²) in [6.45, 7) is 4.53. The first-order valence-corrected chi connectivity index (χ1v) is 20.7. The molecule has 50 heavy (non-hydrogen) atoms. The number of hydrogen-bond acceptors (Lipinski definition) is 7. The van der Waals surface area contributed by atoms with Crippen LogP contribution in [0.2, 0.25) is 0 Å². The van der Waals surface area contributed by atoms with Gasteiger partial charge in [0.15, 0.2) is 0 Å². The Balaban J connectivity index is 1.36. The summed E-state index contributed by atoms with van der Waals surface area (Å²) in [6, 6.07) is -3.28. The summed E-state index contributed by atoms with van der Waals surface area (Å²) in [4.78, 5) is 70.1. The second kappa shape index (κ2) is 15.9. The molecule has 282 valence electrons. The van der Waals surface area contributed by atoms with E-state index in [1.165, 1.54) is 18.4 Å². The molecule has 2 saturated heterocycles. The van der Waals surface area contributed by atoms with Gasteiger partial charge in [0.1, 0.15) is 12.1 Å². The Morgan fingerprint density at radius 1 is 0.840 bits per heavy atom. The summed E-state index contributed by atoms with van der Waals surface area (Å²) in [5, 5.41) is 11.6. The van der Waals surface area contributed by atoms with Crippen molar-refractivity contribution in [3.05, 3.63) is 0 Å². The minimum Gasteiger partial charge on any atom is -0.347 e. The Morgan fingerprint density at radius 2 is 1.42 bits per heavy atom. The molecular weight excluding hydrogens is 660 g/mol. The molecule has 4 N–H and O–H groups in total. The van der Waals surface area contributed by atoms with Crippen molar-refractivity contribution in [2.24, 2.45) is 17.3 Å². The zero-order valence-electron chi connectivity index (χ0n) is 30.6. The third-order valence-corrected chi connectivity index (χ3v) is 14.1. The van der Waals surface area contributed by atoms with Crippen molar-refractivity contribution >= 4 is 39.6 Å². The average molecular weight is 721 g/mol. The van der Waals surface area contributed by atoms with Crippen molar-refractivity contribution in [3.63, 3.8) is 0 Å². The molecule has 0 aromatic rings. The van der Waals surface area contributed by atoms with Crippen LogP contribution in [0.1, 0.15) is 123 Å². The molecule has 0 spiro atoms. The normalized spacial score (nSPS) is 30.7. The molecule has 13 nitrogen and oxygen atoms in total. The summed E-state index contributed by atoms with van der Waals surface area (Å²) in [5.41, 5.74) is -1.12. The topological polar surface area (TPSA) is 174 Å². The highest BCUT2D eigenvalue weighted by Crippen LogP contribution is 2.65. The lowest BCUT2D eigenvalue weighted by molar-refractivity contribution is -0.144. The van der Waals surface area contributed by atoms with Gasteiger partial charge in [0.2, 0.25) is 27.6 Å². The lowest BCUT2D eigenvalue weighted by Crippen LogP contribution is -2.62. The molecule has 5 amide bonds. The van der Waals surface area contributed by atoms with Crippen LogP contribution in [0.3, 0.4) is 0 Å². The van der Waals surface area contributed by atoms with E-state index in [0.717, 1.165) is 70.6 Å². The molecule has 5 fully saturated rings. The number of fused-ring (bicyclic) bond motifs is 3. The predicted molar refractivity (Wildman–Crippen MR) is 189 cm³/mol. The first-order valence-electron chi connectivity index (χ1n) is 19.1. The number of Topliss-reactive ketones (excluding diaryl/α,β-unsaturated/α-hetero) is 1. The number of hydrogen-bond donors (Lipinski definition) is 4. The Hall–Kier alpha value is -2.74. The summed E-state index contributed by atoms with van der Waals surface area (Å²) >= 11 is 0. The van der Waals surface area contributed by atoms with Crippen molar-refractivity contribution in [2.45, 2.75) is 153 Å². The Kier molecular flexibility index (Phi) is 12.2. The van der Waals surface area contributed by atoms with Gasteiger partial charge in [-0.15, -0.1) is 0 Å². The van der Waals surface area contributed by atoms with E-state index < -0.39 is 57.3 Å². The van der Waals surface area contributed by atoms with Crippen LogP contribution in [-0.2, 0) is 29.2 Å². The third kappa shape index (κ3) is 9.18. The number of carbonyl (C=O) groups excluding carboxylic acids is 5. The van der Waals surface area contributed by atoms with Crippen molar-refractivity contribution in [1.29, 1.82) is 0 Å². The predicted octanol–water partition coefficient (Wildman–Crippen LogP) is 2.98. The van der Waals surface area contributed by atoms with Crippen molar-refractivity contribution < 1.29 is 32.4 Å². The van der Waals surface area contributed by atoms with Crippen LogP contribution in [0.15, 0.2) is 0 Å². The molecule has 3 saturated carbocycles. The molecule has 5 atom stereocenters. The maximum Gasteiger partial charge on any atom is 0.315 e. The largest absolute Gasteiger partial charge is 0.347 e. The van der Waals surface area contributed by atoms with E-state index in [9.17, 15) is 32.4 Å². The van der Waals surface area contributed by atoms with E-state index in [4.69, 9.17) is 0 Å². The van der Waals surface area contributed by atoms with Crippen molar-refractivity contribution in [1.82, 2.24) is 30.5 Å². The van der Waals surface area contributed by atoms with Gasteiger partial charge in [0.05, 0.1) is 17.3 Å². The molecule has 5 unspecified atom stereocenters. The molecular formula is C36H60N6O7S. The quantitative estimate of drug-likeness (QED) is 0.279. The fourth-order valence-corrected chi connectivity index (χ4v) is 9.96. The first kappa shape index (κ1) is 38.5. The Labute approximate surface area is 298 Å². The van der Waals surface area contributed by atoms with Gasteiger partial charge < -0.3 is 26.2 Å². The number of ketones is 1. The van der Waals surface area contributed by atoms with Crippen molar-refractivity contribution in [2.75, 3.05) is 26.4 Å². The molecule has 3 aliphatic carbocycles. The zero-order valence-corrected chi connectivity index (χ0v) is 31.4. The minimum atomic E-state index is -3.61. The third-order valence-electron chi connectivity index (χ3n) is 12.1. The van der Waals surface area contributed by atoms with E-state index in [2.05, 4.69) is 35.1 Å². The van der Waals surface area contributed by atoms with Gasteiger partial charge in [-0.25, -0.2) is 17.5 Å². The summed E-state index contributed by atoms with van der Waals surface area (Å²) in [7, 11) is -0.641. The van der Waals surface area contributed by atoms with Gasteiger partial charge in [-0.05, 0) is 55.8 Å². The maximum atomic E-state index is 14.4. The summed E-state index contributed by atoms with van der Waals surface area (Å²) in [6.07, 6.45) is 13.3. The molecule has 0 aromatic carbocycles. The number of piperidine rings is 1. The molecule has 5 rings (SSSR count). The molecule has 0 bridgehead atoms. The van der Waals surface area contributed by atoms with Crippen LogP contribution in [0.5, 0.6) is 0 Å². The van der Waals surface area contributed by atoms with Crippen LogP contribution >= 0.6 is 0 Å². The van der Waals surface area contributed by atoms with Gasteiger partial charge in [-0.3, -0.25) is 19.2 Å². The van der Waals surface area contributed by atoms with Gasteiger partial charge in [-0.2, -0.15) is 0 Å². The Bertz CT molecular complexity index is 1390. The molecule has 14 heteroatoms. The average Bonchev–Trinajstić information content (AvgIpc) is 3.90. The molecule has 5 aliphatic rings. The molecule has 2 heterocycles. The van der Waals surface area contributed by atoms with Gasteiger partial charge in [0, 0.05) is 26.7 Å². The van der Waals surface area contributed by atoms with E-state index in [0.29, 0.717) is 45.1 Å².